The van der Waals surface area contributed by atoms with E-state index >= 15 is 0 Å². The van der Waals surface area contributed by atoms with Crippen molar-refractivity contribution in [1.29, 1.82) is 0 Å². The van der Waals surface area contributed by atoms with Gasteiger partial charge in [-0.25, -0.2) is 4.39 Å². The highest BCUT2D eigenvalue weighted by Gasteiger charge is 2.36. The van der Waals surface area contributed by atoms with Crippen molar-refractivity contribution >= 4 is 11.6 Å². The zero-order valence-electron chi connectivity index (χ0n) is 10.2. The van der Waals surface area contributed by atoms with Gasteiger partial charge in [0, 0.05) is 7.05 Å². The minimum atomic E-state index is -4.63. The molecule has 2 N–H and O–H groups in total. The number of halogens is 5. The van der Waals surface area contributed by atoms with Crippen molar-refractivity contribution in [3.05, 3.63) is 52.1 Å². The molecule has 0 aliphatic heterocycles. The molecule has 8 heteroatoms. The summed E-state index contributed by atoms with van der Waals surface area (Å²) in [5, 5.41) is 3.93. The predicted molar refractivity (Wildman–Crippen MR) is 65.7 cm³/mol. The van der Waals surface area contributed by atoms with Crippen molar-refractivity contribution in [2.45, 2.75) is 12.2 Å². The maximum Gasteiger partial charge on any atom is 0.416 e. The zero-order valence-corrected chi connectivity index (χ0v) is 11.0. The number of hydrogen-bond donors (Lipinski definition) is 1. The van der Waals surface area contributed by atoms with E-state index in [1.807, 2.05) is 0 Å². The molecule has 3 nitrogen and oxygen atoms in total. The van der Waals surface area contributed by atoms with Gasteiger partial charge in [0.1, 0.15) is 5.82 Å². The van der Waals surface area contributed by atoms with Gasteiger partial charge < -0.3 is 5.73 Å². The van der Waals surface area contributed by atoms with Crippen LogP contribution < -0.4 is 5.73 Å². The summed E-state index contributed by atoms with van der Waals surface area (Å²) in [6, 6.07) is 0.928. The third-order valence-corrected chi connectivity index (χ3v) is 3.18. The molecule has 108 valence electrons. The molecule has 0 saturated heterocycles. The number of nitrogens with zero attached hydrogens (tertiary/aromatic N) is 2. The fraction of sp³-hybridized carbons (Fsp3) is 0.250. The van der Waals surface area contributed by atoms with E-state index in [4.69, 9.17) is 17.3 Å². The number of aromatic nitrogens is 2. The molecule has 20 heavy (non-hydrogen) atoms. The molecule has 2 aromatic rings. The molecule has 0 bridgehead atoms. The van der Waals surface area contributed by atoms with Gasteiger partial charge in [-0.15, -0.1) is 0 Å². The second-order valence-electron chi connectivity index (χ2n) is 4.21. The Morgan fingerprint density at radius 3 is 2.50 bits per heavy atom. The topological polar surface area (TPSA) is 43.8 Å². The van der Waals surface area contributed by atoms with Crippen LogP contribution >= 0.6 is 11.6 Å². The third kappa shape index (κ3) is 2.64. The van der Waals surface area contributed by atoms with Gasteiger partial charge in [-0.2, -0.15) is 18.3 Å². The highest BCUT2D eigenvalue weighted by molar-refractivity contribution is 6.31. The van der Waals surface area contributed by atoms with Gasteiger partial charge in [0.15, 0.2) is 0 Å². The lowest BCUT2D eigenvalue weighted by atomic mass is 9.98. The number of hydrogen-bond acceptors (Lipinski definition) is 2. The van der Waals surface area contributed by atoms with Gasteiger partial charge in [0.2, 0.25) is 0 Å². The molecule has 0 amide bonds. The lowest BCUT2D eigenvalue weighted by molar-refractivity contribution is -0.138. The van der Waals surface area contributed by atoms with Crippen molar-refractivity contribution in [3.8, 4) is 0 Å². The summed E-state index contributed by atoms with van der Waals surface area (Å²) in [5.74, 6) is -0.804. The molecule has 1 aromatic heterocycles. The van der Waals surface area contributed by atoms with Crippen LogP contribution in [0.25, 0.3) is 0 Å². The Balaban J connectivity index is 2.60. The minimum absolute atomic E-state index is 0.123. The average Bonchev–Trinajstić information content (AvgIpc) is 2.66. The summed E-state index contributed by atoms with van der Waals surface area (Å²) < 4.78 is 53.4. The molecule has 0 fully saturated rings. The van der Waals surface area contributed by atoms with Crippen LogP contribution in [0.5, 0.6) is 0 Å². The fourth-order valence-electron chi connectivity index (χ4n) is 1.97. The molecule has 0 radical (unpaired) electrons. The molecule has 1 unspecified atom stereocenters. The van der Waals surface area contributed by atoms with Crippen LogP contribution in [0.15, 0.2) is 24.4 Å². The van der Waals surface area contributed by atoms with Gasteiger partial charge >= 0.3 is 6.18 Å². The lowest BCUT2D eigenvalue weighted by Crippen LogP contribution is -2.21. The van der Waals surface area contributed by atoms with E-state index in [1.54, 1.807) is 0 Å². The van der Waals surface area contributed by atoms with Crippen LogP contribution in [0.4, 0.5) is 17.6 Å². The highest BCUT2D eigenvalue weighted by Crippen LogP contribution is 2.37. The SMILES string of the molecule is Cn1ncc(Cl)c1C(N)c1cc(F)ccc1C(F)(F)F. The second-order valence-corrected chi connectivity index (χ2v) is 4.62. The fourth-order valence-corrected chi connectivity index (χ4v) is 2.25. The first-order valence-electron chi connectivity index (χ1n) is 5.51. The van der Waals surface area contributed by atoms with Crippen molar-refractivity contribution in [2.75, 3.05) is 0 Å². The largest absolute Gasteiger partial charge is 0.416 e. The molecular formula is C12H10ClF4N3. The summed E-state index contributed by atoms with van der Waals surface area (Å²) in [7, 11) is 1.49. The molecular weight excluding hydrogens is 298 g/mol. The van der Waals surface area contributed by atoms with Crippen molar-refractivity contribution in [1.82, 2.24) is 9.78 Å². The lowest BCUT2D eigenvalue weighted by Gasteiger charge is -2.19. The summed E-state index contributed by atoms with van der Waals surface area (Å²) >= 11 is 5.86. The smallest absolute Gasteiger partial charge is 0.319 e. The van der Waals surface area contributed by atoms with Gasteiger partial charge in [0.25, 0.3) is 0 Å². The van der Waals surface area contributed by atoms with E-state index in [-0.39, 0.29) is 16.3 Å². The Morgan fingerprint density at radius 1 is 1.35 bits per heavy atom. The summed E-state index contributed by atoms with van der Waals surface area (Å²) in [6.45, 7) is 0. The van der Waals surface area contributed by atoms with Crippen LogP contribution in [0, 0.1) is 5.82 Å². The molecule has 1 aromatic carbocycles. The quantitative estimate of drug-likeness (QED) is 0.865. The number of rotatable bonds is 2. The third-order valence-electron chi connectivity index (χ3n) is 2.89. The number of aryl methyl sites for hydroxylation is 1. The van der Waals surface area contributed by atoms with Crippen LogP contribution in [0.1, 0.15) is 22.9 Å². The molecule has 0 saturated carbocycles. The van der Waals surface area contributed by atoms with E-state index in [0.29, 0.717) is 6.07 Å². The average molecular weight is 308 g/mol. The van der Waals surface area contributed by atoms with Crippen LogP contribution in [-0.4, -0.2) is 9.78 Å². The van der Waals surface area contributed by atoms with E-state index in [1.165, 1.54) is 17.9 Å². The maximum absolute atomic E-state index is 13.3. The first-order valence-corrected chi connectivity index (χ1v) is 5.89. The van der Waals surface area contributed by atoms with Crippen molar-refractivity contribution in [3.63, 3.8) is 0 Å². The number of nitrogens with two attached hydrogens (primary N) is 1. The van der Waals surface area contributed by atoms with Gasteiger partial charge in [-0.1, -0.05) is 11.6 Å². The van der Waals surface area contributed by atoms with Gasteiger partial charge in [-0.3, -0.25) is 4.68 Å². The van der Waals surface area contributed by atoms with Gasteiger partial charge in [-0.05, 0) is 23.8 Å². The highest BCUT2D eigenvalue weighted by atomic mass is 35.5. The first kappa shape index (κ1) is 14.8. The van der Waals surface area contributed by atoms with Crippen molar-refractivity contribution < 1.29 is 17.6 Å². The summed E-state index contributed by atoms with van der Waals surface area (Å²) in [5.41, 5.74) is 4.62. The minimum Gasteiger partial charge on any atom is -0.319 e. The number of benzene rings is 1. The standard InChI is InChI=1S/C12H10ClF4N3/c1-20-11(9(13)5-19-20)10(18)7-4-6(14)2-3-8(7)12(15,16)17/h2-5,10H,18H2,1H3. The molecule has 1 heterocycles. The Hall–Kier alpha value is -1.60. The summed E-state index contributed by atoms with van der Waals surface area (Å²) in [4.78, 5) is 0. The predicted octanol–water partition coefficient (Wildman–Crippen LogP) is 3.28. The first-order chi connectivity index (χ1) is 9.21. The Morgan fingerprint density at radius 2 is 2.00 bits per heavy atom. The Labute approximate surface area is 116 Å². The van der Waals surface area contributed by atoms with E-state index in [9.17, 15) is 17.6 Å². The monoisotopic (exact) mass is 307 g/mol. The van der Waals surface area contributed by atoms with E-state index in [0.717, 1.165) is 12.1 Å². The van der Waals surface area contributed by atoms with Gasteiger partial charge in [0.05, 0.1) is 28.5 Å². The molecule has 2 rings (SSSR count). The zero-order chi connectivity index (χ0) is 15.1. The van der Waals surface area contributed by atoms with Crippen LogP contribution in [0.2, 0.25) is 5.02 Å². The molecule has 0 aliphatic rings. The van der Waals surface area contributed by atoms with E-state index in [2.05, 4.69) is 5.10 Å². The summed E-state index contributed by atoms with van der Waals surface area (Å²) in [6.07, 6.45) is -3.37. The molecule has 0 spiro atoms. The van der Waals surface area contributed by atoms with E-state index < -0.39 is 23.6 Å². The van der Waals surface area contributed by atoms with Crippen LogP contribution in [-0.2, 0) is 13.2 Å². The Kier molecular flexibility index (Phi) is 3.75. The second kappa shape index (κ2) is 5.06. The molecule has 1 atom stereocenters. The normalized spacial score (nSPS) is 13.6. The Bertz CT molecular complexity index is 617. The number of alkyl halides is 3. The van der Waals surface area contributed by atoms with Crippen LogP contribution in [0.3, 0.4) is 0 Å². The maximum atomic E-state index is 13.3. The molecule has 0 aliphatic carbocycles. The van der Waals surface area contributed by atoms with Crippen molar-refractivity contribution in [2.24, 2.45) is 12.8 Å².